The molecule has 0 aliphatic rings. The van der Waals surface area contributed by atoms with Gasteiger partial charge in [-0.05, 0) is 118 Å². The van der Waals surface area contributed by atoms with Gasteiger partial charge in [0.1, 0.15) is 11.2 Å². The van der Waals surface area contributed by atoms with Crippen LogP contribution in [0.3, 0.4) is 0 Å². The second-order valence-electron chi connectivity index (χ2n) is 15.8. The van der Waals surface area contributed by atoms with Crippen molar-refractivity contribution in [3.8, 4) is 51.4 Å². The zero-order chi connectivity index (χ0) is 40.2. The number of furan rings is 1. The maximum Gasteiger partial charge on any atom is 0.167 e. The van der Waals surface area contributed by atoms with Gasteiger partial charge in [0.15, 0.2) is 17.5 Å². The summed E-state index contributed by atoms with van der Waals surface area (Å²) in [4.78, 5) is 15.9. The standard InChI is InChI=1S/C56H30N4O/c57-31-32-20-22-33(23-21-32)37-11-3-12-39(28-37)54-58-55(60-56(59-54)46-18-7-17-45-41-13-1-2-19-48(41)61-53(45)46)40-29-38-27-26-36-9-5-15-43-42-14-4-8-34-24-25-35-10-6-16-44(51(35)49(34)42)47(30-40)52(38)50(36)43/h1-30H. The van der Waals surface area contributed by atoms with E-state index >= 15 is 0 Å². The van der Waals surface area contributed by atoms with Gasteiger partial charge in [0, 0.05) is 21.9 Å². The Balaban J connectivity index is 1.13. The summed E-state index contributed by atoms with van der Waals surface area (Å²) < 4.78 is 6.56. The van der Waals surface area contributed by atoms with Crippen LogP contribution in [-0.4, -0.2) is 15.0 Å². The second kappa shape index (κ2) is 12.8. The van der Waals surface area contributed by atoms with Crippen molar-refractivity contribution < 1.29 is 4.42 Å². The lowest BCUT2D eigenvalue weighted by molar-refractivity contribution is 0.669. The van der Waals surface area contributed by atoms with Gasteiger partial charge in [0.25, 0.3) is 0 Å². The van der Waals surface area contributed by atoms with Gasteiger partial charge in [-0.25, -0.2) is 15.0 Å². The van der Waals surface area contributed by atoms with Crippen LogP contribution >= 0.6 is 0 Å². The molecule has 13 aromatic rings. The molecule has 5 nitrogen and oxygen atoms in total. The second-order valence-corrected chi connectivity index (χ2v) is 15.8. The van der Waals surface area contributed by atoms with Gasteiger partial charge < -0.3 is 4.42 Å². The van der Waals surface area contributed by atoms with E-state index in [-0.39, 0.29) is 0 Å². The summed E-state index contributed by atoms with van der Waals surface area (Å²) in [5.74, 6) is 1.64. The average Bonchev–Trinajstić information content (AvgIpc) is 3.71. The van der Waals surface area contributed by atoms with Crippen molar-refractivity contribution in [1.82, 2.24) is 15.0 Å². The molecular weight excluding hydrogens is 745 g/mol. The lowest BCUT2D eigenvalue weighted by Gasteiger charge is -2.17. The fraction of sp³-hybridized carbons (Fsp3) is 0. The predicted molar refractivity (Wildman–Crippen MR) is 250 cm³/mol. The average molecular weight is 775 g/mol. The first-order chi connectivity index (χ1) is 30.2. The summed E-state index contributed by atoms with van der Waals surface area (Å²) in [7, 11) is 0. The van der Waals surface area contributed by atoms with Crippen LogP contribution in [0.15, 0.2) is 186 Å². The SMILES string of the molecule is N#Cc1ccc(-c2cccc(-c3nc(-c4cc5ccc6cccc7c8cccc9ccc%10cccc(c(c4)c5c67)c%10c98)nc(-c4cccc5c4oc4ccccc45)n3)c2)cc1. The van der Waals surface area contributed by atoms with Crippen molar-refractivity contribution in [3.05, 3.63) is 188 Å². The van der Waals surface area contributed by atoms with E-state index in [4.69, 9.17) is 19.4 Å². The third-order valence-corrected chi connectivity index (χ3v) is 12.4. The molecule has 0 spiro atoms. The monoisotopic (exact) mass is 774 g/mol. The smallest absolute Gasteiger partial charge is 0.167 e. The molecule has 0 bridgehead atoms. The third kappa shape index (κ3) is 5.03. The minimum Gasteiger partial charge on any atom is -0.455 e. The van der Waals surface area contributed by atoms with Crippen LogP contribution in [0.1, 0.15) is 5.56 Å². The number of hydrogen-bond donors (Lipinski definition) is 0. The molecule has 0 saturated heterocycles. The quantitative estimate of drug-likeness (QED) is 0.166. The number of fused-ring (bicyclic) bond motifs is 5. The molecule has 0 N–H and O–H groups in total. The number of hydrogen-bond acceptors (Lipinski definition) is 5. The van der Waals surface area contributed by atoms with Crippen molar-refractivity contribution in [2.75, 3.05) is 0 Å². The highest BCUT2D eigenvalue weighted by atomic mass is 16.3. The van der Waals surface area contributed by atoms with Gasteiger partial charge in [-0.2, -0.15) is 5.26 Å². The predicted octanol–water partition coefficient (Wildman–Crippen LogP) is 14.7. The Morgan fingerprint density at radius 2 is 0.902 bits per heavy atom. The number of benzene rings is 10. The summed E-state index contributed by atoms with van der Waals surface area (Å²) in [5.41, 5.74) is 6.70. The zero-order valence-electron chi connectivity index (χ0n) is 32.5. The van der Waals surface area contributed by atoms with E-state index in [0.717, 1.165) is 60.5 Å². The number of nitrogens with zero attached hydrogens (tertiary/aromatic N) is 4. The minimum absolute atomic E-state index is 0.526. The Labute approximate surface area is 348 Å². The lowest BCUT2D eigenvalue weighted by Crippen LogP contribution is -2.01. The van der Waals surface area contributed by atoms with Crippen molar-refractivity contribution in [2.24, 2.45) is 0 Å². The Morgan fingerprint density at radius 3 is 1.61 bits per heavy atom. The Kier molecular flexibility index (Phi) is 7.01. The first-order valence-electron chi connectivity index (χ1n) is 20.4. The van der Waals surface area contributed by atoms with E-state index < -0.39 is 0 Å². The van der Waals surface area contributed by atoms with Crippen LogP contribution in [0.4, 0.5) is 0 Å². The van der Waals surface area contributed by atoms with Gasteiger partial charge in [0.05, 0.1) is 17.2 Å². The van der Waals surface area contributed by atoms with Crippen LogP contribution in [0.2, 0.25) is 0 Å². The van der Waals surface area contributed by atoms with E-state index in [1.165, 1.54) is 53.9 Å². The fourth-order valence-electron chi connectivity index (χ4n) is 9.67. The largest absolute Gasteiger partial charge is 0.455 e. The van der Waals surface area contributed by atoms with Crippen LogP contribution in [0, 0.1) is 11.3 Å². The van der Waals surface area contributed by atoms with E-state index in [9.17, 15) is 5.26 Å². The number of aromatic nitrogens is 3. The maximum absolute atomic E-state index is 9.44. The van der Waals surface area contributed by atoms with Crippen molar-refractivity contribution >= 4 is 86.6 Å². The normalized spacial score (nSPS) is 11.9. The Bertz CT molecular complexity index is 4000. The molecule has 0 radical (unpaired) electrons. The molecule has 61 heavy (non-hydrogen) atoms. The van der Waals surface area contributed by atoms with E-state index in [1.807, 2.05) is 66.7 Å². The van der Waals surface area contributed by atoms with Crippen LogP contribution in [0.5, 0.6) is 0 Å². The minimum atomic E-state index is 0.526. The summed E-state index contributed by atoms with van der Waals surface area (Å²) in [6.45, 7) is 0. The van der Waals surface area contributed by atoms with Crippen molar-refractivity contribution in [2.45, 2.75) is 0 Å². The molecule has 2 aromatic heterocycles. The number of rotatable bonds is 4. The highest BCUT2D eigenvalue weighted by Gasteiger charge is 2.21. The first-order valence-corrected chi connectivity index (χ1v) is 20.4. The number of nitriles is 1. The Hall–Kier alpha value is -8.46. The molecule has 280 valence electrons. The molecule has 0 fully saturated rings. The molecular formula is C56H30N4O. The molecule has 0 saturated carbocycles. The summed E-state index contributed by atoms with van der Waals surface area (Å²) in [6.07, 6.45) is 0. The molecule has 0 amide bonds. The molecule has 13 rings (SSSR count). The van der Waals surface area contributed by atoms with Crippen molar-refractivity contribution in [3.63, 3.8) is 0 Å². The molecule has 0 unspecified atom stereocenters. The Morgan fingerprint density at radius 1 is 0.361 bits per heavy atom. The fourth-order valence-corrected chi connectivity index (χ4v) is 9.67. The molecule has 0 aliphatic heterocycles. The molecule has 2 heterocycles. The molecule has 11 aromatic carbocycles. The van der Waals surface area contributed by atoms with E-state index in [2.05, 4.69) is 121 Å². The molecule has 0 atom stereocenters. The van der Waals surface area contributed by atoms with Crippen LogP contribution in [0.25, 0.3) is 132 Å². The molecule has 5 heteroatoms. The highest BCUT2D eigenvalue weighted by molar-refractivity contribution is 6.37. The van der Waals surface area contributed by atoms with Gasteiger partial charge in [-0.1, -0.05) is 140 Å². The van der Waals surface area contributed by atoms with Gasteiger partial charge in [0.2, 0.25) is 0 Å². The van der Waals surface area contributed by atoms with Crippen LogP contribution in [-0.2, 0) is 0 Å². The zero-order valence-corrected chi connectivity index (χ0v) is 32.5. The lowest BCUT2D eigenvalue weighted by atomic mass is 9.87. The topological polar surface area (TPSA) is 75.6 Å². The molecule has 0 aliphatic carbocycles. The first kappa shape index (κ1) is 33.5. The summed E-state index contributed by atoms with van der Waals surface area (Å²) >= 11 is 0. The van der Waals surface area contributed by atoms with Gasteiger partial charge >= 0.3 is 0 Å². The van der Waals surface area contributed by atoms with E-state index in [0.29, 0.717) is 23.0 Å². The van der Waals surface area contributed by atoms with Gasteiger partial charge in [-0.15, -0.1) is 0 Å². The third-order valence-electron chi connectivity index (χ3n) is 12.4. The number of para-hydroxylation sites is 2. The maximum atomic E-state index is 9.44. The van der Waals surface area contributed by atoms with E-state index in [1.54, 1.807) is 0 Å². The van der Waals surface area contributed by atoms with Crippen LogP contribution < -0.4 is 0 Å². The van der Waals surface area contributed by atoms with Gasteiger partial charge in [-0.3, -0.25) is 0 Å². The summed E-state index contributed by atoms with van der Waals surface area (Å²) in [6, 6.07) is 65.9. The summed E-state index contributed by atoms with van der Waals surface area (Å²) in [5, 5.41) is 26.0. The highest BCUT2D eigenvalue weighted by Crippen LogP contribution is 2.45. The van der Waals surface area contributed by atoms with Crippen molar-refractivity contribution in [1.29, 1.82) is 5.26 Å².